The zero-order chi connectivity index (χ0) is 17.6. The van der Waals surface area contributed by atoms with Crippen LogP contribution in [0.15, 0.2) is 47.8 Å². The summed E-state index contributed by atoms with van der Waals surface area (Å²) in [6, 6.07) is 14.2. The van der Waals surface area contributed by atoms with E-state index >= 15 is 0 Å². The molecule has 3 rings (SSSR count). The van der Waals surface area contributed by atoms with Gasteiger partial charge in [-0.05, 0) is 36.4 Å². The van der Waals surface area contributed by atoms with E-state index in [1.807, 2.05) is 59.7 Å². The summed E-state index contributed by atoms with van der Waals surface area (Å²) in [4.78, 5) is 17.8. The fourth-order valence-electron chi connectivity index (χ4n) is 3.49. The summed E-state index contributed by atoms with van der Waals surface area (Å²) >= 11 is 1.60. The number of hydrogen-bond acceptors (Lipinski definition) is 4. The Hall–Kier alpha value is -1.69. The quantitative estimate of drug-likeness (QED) is 0.856. The third kappa shape index (κ3) is 4.48. The van der Waals surface area contributed by atoms with Crippen molar-refractivity contribution < 1.29 is 9.90 Å². The van der Waals surface area contributed by atoms with Crippen molar-refractivity contribution in [3.05, 3.63) is 52.7 Å². The summed E-state index contributed by atoms with van der Waals surface area (Å²) in [6.07, 6.45) is 1.99. The molecule has 0 aliphatic carbocycles. The van der Waals surface area contributed by atoms with E-state index in [1.165, 1.54) is 0 Å². The Labute approximate surface area is 153 Å². The van der Waals surface area contributed by atoms with Gasteiger partial charge in [-0.2, -0.15) is 0 Å². The number of carbonyl (C=O) groups is 1. The molecule has 1 amide bonds. The second-order valence-corrected chi connectivity index (χ2v) is 7.50. The number of aliphatic hydroxyl groups excluding tert-OH is 1. The predicted molar refractivity (Wildman–Crippen MR) is 103 cm³/mol. The monoisotopic (exact) mass is 358 g/mol. The highest BCUT2D eigenvalue weighted by atomic mass is 32.1. The first-order chi connectivity index (χ1) is 12.2. The Morgan fingerprint density at radius 1 is 1.24 bits per heavy atom. The number of hydrogen-bond donors (Lipinski definition) is 1. The number of amides is 1. The van der Waals surface area contributed by atoms with E-state index in [9.17, 15) is 9.90 Å². The molecule has 2 heterocycles. The van der Waals surface area contributed by atoms with Crippen LogP contribution in [0.5, 0.6) is 0 Å². The number of benzene rings is 1. The van der Waals surface area contributed by atoms with Gasteiger partial charge in [0, 0.05) is 42.7 Å². The average Bonchev–Trinajstić information content (AvgIpc) is 3.19. The van der Waals surface area contributed by atoms with Crippen LogP contribution in [0, 0.1) is 0 Å². The molecule has 0 spiro atoms. The van der Waals surface area contributed by atoms with Crippen molar-refractivity contribution in [1.82, 2.24) is 4.90 Å². The SMILES string of the molecule is CCC(=O)N(c1ccccc1)C1CCN(CC(O)c2cccs2)CC1. The van der Waals surface area contributed by atoms with Crippen molar-refractivity contribution in [2.24, 2.45) is 0 Å². The molecule has 1 N–H and O–H groups in total. The molecular formula is C20H26N2O2S. The molecule has 5 heteroatoms. The van der Waals surface area contributed by atoms with Gasteiger partial charge in [0.1, 0.15) is 6.10 Å². The fourth-order valence-corrected chi connectivity index (χ4v) is 4.20. The number of aliphatic hydroxyl groups is 1. The maximum absolute atomic E-state index is 12.5. The van der Waals surface area contributed by atoms with E-state index in [4.69, 9.17) is 0 Å². The molecule has 1 unspecified atom stereocenters. The smallest absolute Gasteiger partial charge is 0.226 e. The molecule has 134 valence electrons. The lowest BCUT2D eigenvalue weighted by Gasteiger charge is -2.39. The topological polar surface area (TPSA) is 43.8 Å². The van der Waals surface area contributed by atoms with Crippen molar-refractivity contribution in [1.29, 1.82) is 0 Å². The maximum atomic E-state index is 12.5. The minimum Gasteiger partial charge on any atom is -0.386 e. The summed E-state index contributed by atoms with van der Waals surface area (Å²) < 4.78 is 0. The van der Waals surface area contributed by atoms with Crippen molar-refractivity contribution >= 4 is 22.9 Å². The highest BCUT2D eigenvalue weighted by Crippen LogP contribution is 2.26. The standard InChI is InChI=1S/C20H26N2O2S/c1-2-20(24)22(16-7-4-3-5-8-16)17-10-12-21(13-11-17)15-18(23)19-9-6-14-25-19/h3-9,14,17-18,23H,2,10-13,15H2,1H3. The second-order valence-electron chi connectivity index (χ2n) is 6.52. The predicted octanol–water partition coefficient (Wildman–Crippen LogP) is 3.69. The van der Waals surface area contributed by atoms with Crippen LogP contribution >= 0.6 is 11.3 Å². The minimum atomic E-state index is -0.418. The van der Waals surface area contributed by atoms with E-state index < -0.39 is 6.10 Å². The molecule has 1 saturated heterocycles. The molecule has 0 saturated carbocycles. The number of thiophene rings is 1. The largest absolute Gasteiger partial charge is 0.386 e. The normalized spacial score (nSPS) is 17.4. The van der Waals surface area contributed by atoms with Crippen LogP contribution in [-0.2, 0) is 4.79 Å². The number of anilines is 1. The van der Waals surface area contributed by atoms with Gasteiger partial charge in [0.2, 0.25) is 5.91 Å². The summed E-state index contributed by atoms with van der Waals surface area (Å²) in [5.41, 5.74) is 0.992. The Morgan fingerprint density at radius 2 is 1.96 bits per heavy atom. The van der Waals surface area contributed by atoms with Gasteiger partial charge in [0.15, 0.2) is 0 Å². The fraction of sp³-hybridized carbons (Fsp3) is 0.450. The highest BCUT2D eigenvalue weighted by Gasteiger charge is 2.29. The van der Waals surface area contributed by atoms with Crippen LogP contribution in [0.2, 0.25) is 0 Å². The van der Waals surface area contributed by atoms with E-state index in [0.29, 0.717) is 13.0 Å². The molecular weight excluding hydrogens is 332 g/mol. The molecule has 1 aliphatic rings. The first kappa shape index (κ1) is 18.1. The van der Waals surface area contributed by atoms with Crippen molar-refractivity contribution in [2.75, 3.05) is 24.5 Å². The number of β-amino-alcohol motifs (C(OH)–C–C–N with tert-alkyl or cyclic N) is 1. The third-order valence-electron chi connectivity index (χ3n) is 4.83. The van der Waals surface area contributed by atoms with Gasteiger partial charge in [-0.25, -0.2) is 0 Å². The van der Waals surface area contributed by atoms with Gasteiger partial charge in [-0.15, -0.1) is 11.3 Å². The third-order valence-corrected chi connectivity index (χ3v) is 5.80. The van der Waals surface area contributed by atoms with Gasteiger partial charge in [-0.3, -0.25) is 4.79 Å². The lowest BCUT2D eigenvalue weighted by molar-refractivity contribution is -0.119. The van der Waals surface area contributed by atoms with Crippen LogP contribution in [0.25, 0.3) is 0 Å². The summed E-state index contributed by atoms with van der Waals surface area (Å²) in [6.45, 7) is 4.41. The number of nitrogens with zero attached hydrogens (tertiary/aromatic N) is 2. The van der Waals surface area contributed by atoms with Crippen LogP contribution < -0.4 is 4.90 Å². The highest BCUT2D eigenvalue weighted by molar-refractivity contribution is 7.10. The number of rotatable bonds is 6. The lowest BCUT2D eigenvalue weighted by atomic mass is 10.0. The molecule has 1 aromatic carbocycles. The van der Waals surface area contributed by atoms with Crippen molar-refractivity contribution in [3.63, 3.8) is 0 Å². The zero-order valence-electron chi connectivity index (χ0n) is 14.7. The molecule has 1 fully saturated rings. The van der Waals surface area contributed by atoms with Gasteiger partial charge in [0.05, 0.1) is 0 Å². The number of carbonyl (C=O) groups excluding carboxylic acids is 1. The number of para-hydroxylation sites is 1. The van der Waals surface area contributed by atoms with Crippen LogP contribution in [0.3, 0.4) is 0 Å². The summed E-state index contributed by atoms with van der Waals surface area (Å²) in [5.74, 6) is 0.184. The molecule has 0 bridgehead atoms. The molecule has 1 aliphatic heterocycles. The minimum absolute atomic E-state index is 0.184. The van der Waals surface area contributed by atoms with Crippen LogP contribution in [0.4, 0.5) is 5.69 Å². The van der Waals surface area contributed by atoms with Crippen molar-refractivity contribution in [2.45, 2.75) is 38.3 Å². The Kier molecular flexibility index (Phi) is 6.24. The van der Waals surface area contributed by atoms with Gasteiger partial charge in [0.25, 0.3) is 0 Å². The Bertz CT molecular complexity index is 652. The van der Waals surface area contributed by atoms with Gasteiger partial charge in [-0.1, -0.05) is 31.2 Å². The molecule has 1 aromatic heterocycles. The molecule has 1 atom stereocenters. The van der Waals surface area contributed by atoms with Gasteiger partial charge < -0.3 is 14.9 Å². The Balaban J connectivity index is 1.60. The zero-order valence-corrected chi connectivity index (χ0v) is 15.5. The van der Waals surface area contributed by atoms with E-state index in [2.05, 4.69) is 4.90 Å². The molecule has 25 heavy (non-hydrogen) atoms. The van der Waals surface area contributed by atoms with E-state index in [1.54, 1.807) is 11.3 Å². The Morgan fingerprint density at radius 3 is 2.56 bits per heavy atom. The molecule has 4 nitrogen and oxygen atoms in total. The molecule has 0 radical (unpaired) electrons. The number of piperidine rings is 1. The van der Waals surface area contributed by atoms with E-state index in [0.717, 1.165) is 36.5 Å². The lowest BCUT2D eigenvalue weighted by Crippen LogP contribution is -2.48. The van der Waals surface area contributed by atoms with E-state index in [-0.39, 0.29) is 11.9 Å². The number of likely N-dealkylation sites (tertiary alicyclic amines) is 1. The average molecular weight is 359 g/mol. The first-order valence-corrected chi connectivity index (χ1v) is 9.88. The van der Waals surface area contributed by atoms with Gasteiger partial charge >= 0.3 is 0 Å². The molecule has 2 aromatic rings. The van der Waals surface area contributed by atoms with Crippen LogP contribution in [-0.4, -0.2) is 41.6 Å². The first-order valence-electron chi connectivity index (χ1n) is 9.00. The summed E-state index contributed by atoms with van der Waals surface area (Å²) in [7, 11) is 0. The maximum Gasteiger partial charge on any atom is 0.226 e. The summed E-state index contributed by atoms with van der Waals surface area (Å²) in [5, 5.41) is 12.3. The van der Waals surface area contributed by atoms with Crippen LogP contribution in [0.1, 0.15) is 37.2 Å². The second kappa shape index (κ2) is 8.61. The van der Waals surface area contributed by atoms with Crippen molar-refractivity contribution in [3.8, 4) is 0 Å².